The molecule has 1 aliphatic carbocycles. The summed E-state index contributed by atoms with van der Waals surface area (Å²) in [6.07, 6.45) is 9.13. The maximum atomic E-state index is 11.0. The topological polar surface area (TPSA) is 34.0 Å². The summed E-state index contributed by atoms with van der Waals surface area (Å²) >= 11 is 0. The largest absolute Gasteiger partial charge is 0.353 e. The second-order valence-electron chi connectivity index (χ2n) is 5.09. The minimum Gasteiger partial charge on any atom is -0.353 e. The quantitative estimate of drug-likeness (QED) is 0.864. The number of rotatable bonds is 4. The lowest BCUT2D eigenvalue weighted by Gasteiger charge is -2.29. The third-order valence-corrected chi connectivity index (χ3v) is 3.75. The molecular formula is C14H22N2O. The van der Waals surface area contributed by atoms with Gasteiger partial charge in [-0.05, 0) is 18.8 Å². The van der Waals surface area contributed by atoms with Gasteiger partial charge in [0, 0.05) is 43.7 Å². The average molecular weight is 234 g/mol. The summed E-state index contributed by atoms with van der Waals surface area (Å²) in [5.41, 5.74) is 0.0788. The smallest absolute Gasteiger partial charge is 0.181 e. The molecule has 1 aromatic rings. The normalized spacial score (nSPS) is 24.8. The van der Waals surface area contributed by atoms with E-state index in [-0.39, 0.29) is 5.43 Å². The Morgan fingerprint density at radius 1 is 1.29 bits per heavy atom. The van der Waals surface area contributed by atoms with Crippen LogP contribution in [-0.2, 0) is 6.54 Å². The lowest BCUT2D eigenvalue weighted by atomic mass is 9.86. The van der Waals surface area contributed by atoms with Crippen molar-refractivity contribution >= 4 is 0 Å². The molecule has 1 N–H and O–H groups in total. The van der Waals surface area contributed by atoms with Gasteiger partial charge < -0.3 is 9.88 Å². The molecule has 1 aromatic heterocycles. The number of aromatic nitrogens is 1. The summed E-state index contributed by atoms with van der Waals surface area (Å²) in [4.78, 5) is 11.0. The number of nitrogens with zero attached hydrogens (tertiary/aromatic N) is 1. The van der Waals surface area contributed by atoms with E-state index in [0.29, 0.717) is 6.04 Å². The molecule has 1 saturated carbocycles. The fourth-order valence-electron chi connectivity index (χ4n) is 2.59. The molecule has 0 spiro atoms. The van der Waals surface area contributed by atoms with E-state index >= 15 is 0 Å². The fourth-order valence-corrected chi connectivity index (χ4v) is 2.59. The molecule has 1 aliphatic rings. The van der Waals surface area contributed by atoms with Gasteiger partial charge in [0.15, 0.2) is 5.43 Å². The first-order chi connectivity index (χ1) is 8.25. The van der Waals surface area contributed by atoms with Gasteiger partial charge in [0.2, 0.25) is 0 Å². The number of hydrogen-bond donors (Lipinski definition) is 1. The predicted octanol–water partition coefficient (Wildman–Crippen LogP) is 2.02. The van der Waals surface area contributed by atoms with Crippen LogP contribution in [0.1, 0.15) is 32.6 Å². The Labute approximate surface area is 103 Å². The number of pyridine rings is 1. The molecule has 0 bridgehead atoms. The van der Waals surface area contributed by atoms with Crippen molar-refractivity contribution in [3.63, 3.8) is 0 Å². The molecule has 3 heteroatoms. The molecule has 2 unspecified atom stereocenters. The van der Waals surface area contributed by atoms with Crippen molar-refractivity contribution in [3.05, 3.63) is 34.7 Å². The molecule has 2 rings (SSSR count). The van der Waals surface area contributed by atoms with Gasteiger partial charge in [-0.25, -0.2) is 0 Å². The van der Waals surface area contributed by atoms with E-state index < -0.39 is 0 Å². The van der Waals surface area contributed by atoms with Crippen LogP contribution in [0.2, 0.25) is 0 Å². The summed E-state index contributed by atoms with van der Waals surface area (Å²) < 4.78 is 2.06. The van der Waals surface area contributed by atoms with Crippen molar-refractivity contribution in [1.82, 2.24) is 9.88 Å². The van der Waals surface area contributed by atoms with Crippen LogP contribution < -0.4 is 10.7 Å². The van der Waals surface area contributed by atoms with Gasteiger partial charge in [-0.3, -0.25) is 4.79 Å². The monoisotopic (exact) mass is 234 g/mol. The first kappa shape index (κ1) is 12.4. The van der Waals surface area contributed by atoms with Crippen molar-refractivity contribution in [2.45, 2.75) is 45.2 Å². The van der Waals surface area contributed by atoms with Crippen LogP contribution in [0.15, 0.2) is 29.3 Å². The molecular weight excluding hydrogens is 212 g/mol. The molecule has 1 fully saturated rings. The van der Waals surface area contributed by atoms with Crippen molar-refractivity contribution in [2.75, 3.05) is 6.54 Å². The van der Waals surface area contributed by atoms with Crippen LogP contribution >= 0.6 is 0 Å². The van der Waals surface area contributed by atoms with Gasteiger partial charge in [0.25, 0.3) is 0 Å². The van der Waals surface area contributed by atoms with Crippen LogP contribution in [0.4, 0.5) is 0 Å². The van der Waals surface area contributed by atoms with Crippen molar-refractivity contribution in [2.24, 2.45) is 5.92 Å². The van der Waals surface area contributed by atoms with Crippen molar-refractivity contribution < 1.29 is 0 Å². The summed E-state index contributed by atoms with van der Waals surface area (Å²) in [5, 5.41) is 3.64. The average Bonchev–Trinajstić information content (AvgIpc) is 2.34. The first-order valence-corrected chi connectivity index (χ1v) is 6.65. The second kappa shape index (κ2) is 6.01. The highest BCUT2D eigenvalue weighted by Gasteiger charge is 2.19. The second-order valence-corrected chi connectivity index (χ2v) is 5.09. The van der Waals surface area contributed by atoms with Gasteiger partial charge in [0.1, 0.15) is 0 Å². The molecule has 94 valence electrons. The molecule has 0 radical (unpaired) electrons. The standard InChI is InChI=1S/C14H22N2O/c1-12-4-2-3-5-14(12)15-8-11-16-9-6-13(17)7-10-16/h6-7,9-10,12,14-15H,2-5,8,11H2,1H3. The molecule has 1 heterocycles. The van der Waals surface area contributed by atoms with Gasteiger partial charge in [-0.15, -0.1) is 0 Å². The van der Waals surface area contributed by atoms with Crippen LogP contribution in [0, 0.1) is 5.92 Å². The minimum absolute atomic E-state index is 0.0788. The summed E-state index contributed by atoms with van der Waals surface area (Å²) in [6.45, 7) is 4.26. The highest BCUT2D eigenvalue weighted by atomic mass is 16.1. The Morgan fingerprint density at radius 3 is 2.71 bits per heavy atom. The lowest BCUT2D eigenvalue weighted by molar-refractivity contribution is 0.278. The molecule has 0 saturated heterocycles. The SMILES string of the molecule is CC1CCCCC1NCCn1ccc(=O)cc1. The van der Waals surface area contributed by atoms with Gasteiger partial charge in [-0.1, -0.05) is 19.8 Å². The summed E-state index contributed by atoms with van der Waals surface area (Å²) in [7, 11) is 0. The van der Waals surface area contributed by atoms with E-state index in [9.17, 15) is 4.79 Å². The van der Waals surface area contributed by atoms with Gasteiger partial charge in [0.05, 0.1) is 0 Å². The molecule has 17 heavy (non-hydrogen) atoms. The minimum atomic E-state index is 0.0788. The molecule has 2 atom stereocenters. The Balaban J connectivity index is 1.75. The zero-order chi connectivity index (χ0) is 12.1. The zero-order valence-electron chi connectivity index (χ0n) is 10.6. The highest BCUT2D eigenvalue weighted by molar-refractivity contribution is 4.93. The predicted molar refractivity (Wildman–Crippen MR) is 70.1 cm³/mol. The Hall–Kier alpha value is -1.09. The molecule has 0 amide bonds. The number of hydrogen-bond acceptors (Lipinski definition) is 2. The Kier molecular flexibility index (Phi) is 4.37. The maximum absolute atomic E-state index is 11.0. The third kappa shape index (κ3) is 3.70. The van der Waals surface area contributed by atoms with Crippen LogP contribution in [0.5, 0.6) is 0 Å². The van der Waals surface area contributed by atoms with Crippen molar-refractivity contribution in [1.29, 1.82) is 0 Å². The van der Waals surface area contributed by atoms with E-state index in [1.54, 1.807) is 12.1 Å². The lowest BCUT2D eigenvalue weighted by Crippen LogP contribution is -2.38. The van der Waals surface area contributed by atoms with E-state index in [1.807, 2.05) is 12.4 Å². The third-order valence-electron chi connectivity index (χ3n) is 3.75. The van der Waals surface area contributed by atoms with Crippen LogP contribution in [0.3, 0.4) is 0 Å². The van der Waals surface area contributed by atoms with Gasteiger partial charge in [-0.2, -0.15) is 0 Å². The molecule has 0 aromatic carbocycles. The Bertz CT molecular complexity index is 379. The van der Waals surface area contributed by atoms with E-state index in [0.717, 1.165) is 19.0 Å². The first-order valence-electron chi connectivity index (χ1n) is 6.65. The molecule has 3 nitrogen and oxygen atoms in total. The maximum Gasteiger partial charge on any atom is 0.181 e. The highest BCUT2D eigenvalue weighted by Crippen LogP contribution is 2.23. The van der Waals surface area contributed by atoms with E-state index in [1.165, 1.54) is 25.7 Å². The number of nitrogens with one attached hydrogen (secondary N) is 1. The van der Waals surface area contributed by atoms with Gasteiger partial charge >= 0.3 is 0 Å². The van der Waals surface area contributed by atoms with Crippen LogP contribution in [0.25, 0.3) is 0 Å². The van der Waals surface area contributed by atoms with Crippen molar-refractivity contribution in [3.8, 4) is 0 Å². The van der Waals surface area contributed by atoms with Crippen LogP contribution in [-0.4, -0.2) is 17.2 Å². The summed E-state index contributed by atoms with van der Waals surface area (Å²) in [5.74, 6) is 0.803. The van der Waals surface area contributed by atoms with E-state index in [2.05, 4.69) is 16.8 Å². The van der Waals surface area contributed by atoms with E-state index in [4.69, 9.17) is 0 Å². The zero-order valence-corrected chi connectivity index (χ0v) is 10.6. The fraction of sp³-hybridized carbons (Fsp3) is 0.643. The summed E-state index contributed by atoms with van der Waals surface area (Å²) in [6, 6.07) is 3.91. The Morgan fingerprint density at radius 2 is 2.00 bits per heavy atom. The molecule has 0 aliphatic heterocycles.